The average Bonchev–Trinajstić information content (AvgIpc) is 2.79. The molecule has 174 valence electrons. The molecule has 0 atom stereocenters. The Balaban J connectivity index is 1.77. The lowest BCUT2D eigenvalue weighted by atomic mass is 10.2. The molecule has 2 N–H and O–H groups in total. The average molecular weight is 489 g/mol. The highest BCUT2D eigenvalue weighted by Crippen LogP contribution is 2.33. The van der Waals surface area contributed by atoms with E-state index in [9.17, 15) is 31.7 Å². The third-order valence-electron chi connectivity index (χ3n) is 4.59. The second-order valence-electron chi connectivity index (χ2n) is 6.97. The van der Waals surface area contributed by atoms with Crippen LogP contribution in [0.1, 0.15) is 5.56 Å². The van der Waals surface area contributed by atoms with Crippen molar-refractivity contribution >= 4 is 44.1 Å². The Morgan fingerprint density at radius 1 is 0.853 bits per heavy atom. The van der Waals surface area contributed by atoms with Gasteiger partial charge in [0.2, 0.25) is 0 Å². The Hall–Kier alpha value is -4.26. The molecule has 0 aliphatic carbocycles. The molecule has 4 aromatic rings. The van der Waals surface area contributed by atoms with Crippen molar-refractivity contribution in [2.24, 2.45) is 0 Å². The number of rotatable bonds is 6. The van der Waals surface area contributed by atoms with Crippen LogP contribution in [0.5, 0.6) is 0 Å². The van der Waals surface area contributed by atoms with Crippen LogP contribution in [0.25, 0.3) is 11.0 Å². The van der Waals surface area contributed by atoms with Crippen LogP contribution < -0.4 is 10.0 Å². The molecule has 4 rings (SSSR count). The van der Waals surface area contributed by atoms with Crippen molar-refractivity contribution in [1.29, 1.82) is 0 Å². The number of halogens is 3. The minimum Gasteiger partial charge on any atom is -0.337 e. The van der Waals surface area contributed by atoms with Gasteiger partial charge in [-0.1, -0.05) is 24.3 Å². The molecule has 34 heavy (non-hydrogen) atoms. The summed E-state index contributed by atoms with van der Waals surface area (Å²) in [7, 11) is -4.36. The number of benzene rings is 3. The number of sulfonamides is 1. The zero-order valence-corrected chi connectivity index (χ0v) is 17.8. The lowest BCUT2D eigenvalue weighted by Gasteiger charge is -2.15. The first kappa shape index (κ1) is 22.9. The summed E-state index contributed by atoms with van der Waals surface area (Å²) in [5.41, 5.74) is -0.681. The number of nitrogens with one attached hydrogen (secondary N) is 2. The van der Waals surface area contributed by atoms with Crippen LogP contribution in [-0.2, 0) is 16.2 Å². The Labute approximate surface area is 190 Å². The quantitative estimate of drug-likeness (QED) is 0.285. The van der Waals surface area contributed by atoms with Crippen molar-refractivity contribution in [3.8, 4) is 0 Å². The smallest absolute Gasteiger partial charge is 0.337 e. The summed E-state index contributed by atoms with van der Waals surface area (Å²) in [6, 6.07) is 15.1. The Morgan fingerprint density at radius 3 is 2.15 bits per heavy atom. The number of aromatic nitrogens is 2. The third kappa shape index (κ3) is 4.88. The summed E-state index contributed by atoms with van der Waals surface area (Å²) in [5.74, 6) is -0.463. The number of para-hydroxylation sites is 2. The minimum absolute atomic E-state index is 0.00444. The zero-order chi connectivity index (χ0) is 24.5. The predicted octanol–water partition coefficient (Wildman–Crippen LogP) is 5.10. The van der Waals surface area contributed by atoms with Crippen LogP contribution in [0.4, 0.5) is 36.2 Å². The van der Waals surface area contributed by atoms with E-state index in [1.807, 2.05) is 0 Å². The standard InChI is InChI=1S/C21H14F3N5O4S/c22-21(23,24)13-5-3-6-14(11-13)25-19-20(27-18-10-2-1-9-17(18)26-19)28-34(32,33)16-8-4-7-15(12-16)29(30)31/h1-12H,(H,25,26)(H,27,28). The van der Waals surface area contributed by atoms with Gasteiger partial charge in [-0.25, -0.2) is 18.4 Å². The van der Waals surface area contributed by atoms with E-state index in [2.05, 4.69) is 20.0 Å². The SMILES string of the molecule is O=[N+]([O-])c1cccc(S(=O)(=O)Nc2nc3ccccc3nc2Nc2cccc(C(F)(F)F)c2)c1. The topological polar surface area (TPSA) is 127 Å². The number of anilines is 3. The van der Waals surface area contributed by atoms with Gasteiger partial charge in [-0.15, -0.1) is 0 Å². The Bertz CT molecular complexity index is 1510. The van der Waals surface area contributed by atoms with Crippen LogP contribution in [-0.4, -0.2) is 23.3 Å². The normalized spacial score (nSPS) is 11.9. The van der Waals surface area contributed by atoms with Gasteiger partial charge < -0.3 is 5.32 Å². The van der Waals surface area contributed by atoms with Crippen molar-refractivity contribution < 1.29 is 26.5 Å². The van der Waals surface area contributed by atoms with E-state index in [1.165, 1.54) is 18.2 Å². The van der Waals surface area contributed by atoms with E-state index in [0.717, 1.165) is 30.3 Å². The van der Waals surface area contributed by atoms with Crippen LogP contribution in [0.2, 0.25) is 0 Å². The maximum atomic E-state index is 13.1. The van der Waals surface area contributed by atoms with E-state index in [4.69, 9.17) is 0 Å². The molecule has 0 spiro atoms. The number of alkyl halides is 3. The zero-order valence-electron chi connectivity index (χ0n) is 16.9. The second-order valence-corrected chi connectivity index (χ2v) is 8.66. The second kappa shape index (κ2) is 8.59. The first-order chi connectivity index (χ1) is 16.0. The number of nitro benzene ring substituents is 1. The highest BCUT2D eigenvalue weighted by atomic mass is 32.2. The molecule has 0 saturated carbocycles. The first-order valence-electron chi connectivity index (χ1n) is 9.51. The van der Waals surface area contributed by atoms with Crippen LogP contribution >= 0.6 is 0 Å². The van der Waals surface area contributed by atoms with Gasteiger partial charge in [0.1, 0.15) is 0 Å². The molecule has 9 nitrogen and oxygen atoms in total. The summed E-state index contributed by atoms with van der Waals surface area (Å²) >= 11 is 0. The first-order valence-corrected chi connectivity index (χ1v) is 11.0. The molecule has 0 unspecified atom stereocenters. The number of nitro groups is 1. The maximum Gasteiger partial charge on any atom is 0.416 e. The predicted molar refractivity (Wildman–Crippen MR) is 118 cm³/mol. The molecular weight excluding hydrogens is 475 g/mol. The van der Waals surface area contributed by atoms with Crippen LogP contribution in [0.15, 0.2) is 77.7 Å². The number of non-ortho nitro benzene ring substituents is 1. The summed E-state index contributed by atoms with van der Waals surface area (Å²) in [4.78, 5) is 18.4. The van der Waals surface area contributed by atoms with E-state index in [0.29, 0.717) is 11.0 Å². The van der Waals surface area contributed by atoms with Gasteiger partial charge in [-0.05, 0) is 36.4 Å². The van der Waals surface area contributed by atoms with E-state index in [1.54, 1.807) is 24.3 Å². The molecule has 0 radical (unpaired) electrons. The van der Waals surface area contributed by atoms with Gasteiger partial charge in [-0.2, -0.15) is 13.2 Å². The van der Waals surface area contributed by atoms with Gasteiger partial charge in [0.05, 0.1) is 26.4 Å². The fourth-order valence-corrected chi connectivity index (χ4v) is 4.07. The maximum absolute atomic E-state index is 13.1. The van der Waals surface area contributed by atoms with Gasteiger partial charge >= 0.3 is 6.18 Å². The van der Waals surface area contributed by atoms with E-state index in [-0.39, 0.29) is 17.3 Å². The molecule has 0 bridgehead atoms. The van der Waals surface area contributed by atoms with Gasteiger partial charge in [-0.3, -0.25) is 14.8 Å². The largest absolute Gasteiger partial charge is 0.416 e. The highest BCUT2D eigenvalue weighted by Gasteiger charge is 2.30. The molecule has 0 aliphatic rings. The molecule has 0 fully saturated rings. The van der Waals surface area contributed by atoms with E-state index < -0.39 is 37.3 Å². The van der Waals surface area contributed by atoms with Crippen LogP contribution in [0, 0.1) is 10.1 Å². The molecule has 1 heterocycles. The fourth-order valence-electron chi connectivity index (χ4n) is 3.02. The Morgan fingerprint density at radius 2 is 1.50 bits per heavy atom. The fraction of sp³-hybridized carbons (Fsp3) is 0.0476. The molecule has 1 aromatic heterocycles. The lowest BCUT2D eigenvalue weighted by Crippen LogP contribution is -2.16. The number of hydrogen-bond donors (Lipinski definition) is 2. The van der Waals surface area contributed by atoms with Crippen molar-refractivity contribution in [2.75, 3.05) is 10.0 Å². The summed E-state index contributed by atoms with van der Waals surface area (Å²) < 4.78 is 67.4. The summed E-state index contributed by atoms with van der Waals surface area (Å²) in [6.45, 7) is 0. The molecule has 3 aromatic carbocycles. The Kier molecular flexibility index (Phi) is 5.79. The monoisotopic (exact) mass is 489 g/mol. The molecule has 13 heteroatoms. The van der Waals surface area contributed by atoms with E-state index >= 15 is 0 Å². The van der Waals surface area contributed by atoms with Crippen molar-refractivity contribution in [3.05, 3.63) is 88.5 Å². The number of nitrogens with zero attached hydrogens (tertiary/aromatic N) is 3. The molecule has 0 saturated heterocycles. The third-order valence-corrected chi connectivity index (χ3v) is 5.93. The molecular formula is C21H14F3N5O4S. The lowest BCUT2D eigenvalue weighted by molar-refractivity contribution is -0.385. The van der Waals surface area contributed by atoms with Gasteiger partial charge in [0, 0.05) is 17.8 Å². The van der Waals surface area contributed by atoms with Gasteiger partial charge in [0.25, 0.3) is 15.7 Å². The van der Waals surface area contributed by atoms with Crippen molar-refractivity contribution in [3.63, 3.8) is 0 Å². The number of fused-ring (bicyclic) bond motifs is 1. The summed E-state index contributed by atoms with van der Waals surface area (Å²) in [5, 5.41) is 13.7. The highest BCUT2D eigenvalue weighted by molar-refractivity contribution is 7.92. The van der Waals surface area contributed by atoms with Crippen molar-refractivity contribution in [2.45, 2.75) is 11.1 Å². The molecule has 0 aliphatic heterocycles. The van der Waals surface area contributed by atoms with Crippen molar-refractivity contribution in [1.82, 2.24) is 9.97 Å². The van der Waals surface area contributed by atoms with Crippen LogP contribution in [0.3, 0.4) is 0 Å². The minimum atomic E-state index is -4.58. The summed E-state index contributed by atoms with van der Waals surface area (Å²) in [6.07, 6.45) is -4.58. The van der Waals surface area contributed by atoms with Gasteiger partial charge in [0.15, 0.2) is 11.6 Å². The molecule has 0 amide bonds. The number of hydrogen-bond acceptors (Lipinski definition) is 7.